The number of likely N-dealkylation sites (N-methyl/N-ethyl adjacent to an activating group) is 1. The van der Waals surface area contributed by atoms with E-state index in [0.29, 0.717) is 18.2 Å². The molecule has 0 radical (unpaired) electrons. The molecule has 0 bridgehead atoms. The highest BCUT2D eigenvalue weighted by Crippen LogP contribution is 2.39. The predicted octanol–water partition coefficient (Wildman–Crippen LogP) is 2.30. The van der Waals surface area contributed by atoms with Crippen LogP contribution in [0.2, 0.25) is 0 Å². The first-order valence-corrected chi connectivity index (χ1v) is 9.49. The van der Waals surface area contributed by atoms with Crippen molar-refractivity contribution in [3.63, 3.8) is 0 Å². The van der Waals surface area contributed by atoms with E-state index in [1.165, 1.54) is 18.5 Å². The van der Waals surface area contributed by atoms with E-state index in [-0.39, 0.29) is 18.7 Å². The number of ether oxygens (including phenoxy) is 2. The number of carbonyl (C=O) groups excluding carboxylic acids is 1. The summed E-state index contributed by atoms with van der Waals surface area (Å²) in [6.07, 6.45) is 5.26. The Morgan fingerprint density at radius 1 is 1.30 bits per heavy atom. The second kappa shape index (κ2) is 7.60. The first-order chi connectivity index (χ1) is 13.1. The molecular formula is C20H26N4O3. The molecule has 1 aliphatic carbocycles. The summed E-state index contributed by atoms with van der Waals surface area (Å²) in [4.78, 5) is 14.7. The normalized spacial score (nSPS) is 16.6. The molecule has 1 aliphatic heterocycles. The predicted molar refractivity (Wildman–Crippen MR) is 101 cm³/mol. The molecule has 2 aliphatic rings. The number of nitrogens with one attached hydrogen (secondary N) is 1. The van der Waals surface area contributed by atoms with E-state index in [0.717, 1.165) is 24.3 Å². The Labute approximate surface area is 159 Å². The molecular weight excluding hydrogens is 344 g/mol. The highest BCUT2D eigenvalue weighted by molar-refractivity contribution is 5.83. The van der Waals surface area contributed by atoms with E-state index in [1.807, 2.05) is 43.4 Å². The van der Waals surface area contributed by atoms with Gasteiger partial charge in [0.05, 0.1) is 0 Å². The Morgan fingerprint density at radius 3 is 2.89 bits per heavy atom. The maximum atomic E-state index is 12.8. The van der Waals surface area contributed by atoms with Crippen molar-refractivity contribution in [3.05, 3.63) is 41.7 Å². The minimum Gasteiger partial charge on any atom is -0.454 e. The average Bonchev–Trinajstić information content (AvgIpc) is 3.19. The van der Waals surface area contributed by atoms with Crippen LogP contribution in [0.3, 0.4) is 0 Å². The van der Waals surface area contributed by atoms with Gasteiger partial charge in [-0.2, -0.15) is 5.10 Å². The van der Waals surface area contributed by atoms with Crippen LogP contribution in [0, 0.1) is 0 Å². The van der Waals surface area contributed by atoms with Gasteiger partial charge in [0, 0.05) is 30.9 Å². The molecule has 1 aromatic carbocycles. The third-order valence-electron chi connectivity index (χ3n) is 5.07. The van der Waals surface area contributed by atoms with Crippen LogP contribution in [-0.2, 0) is 11.3 Å². The number of fused-ring (bicyclic) bond motifs is 1. The molecule has 0 saturated heterocycles. The monoisotopic (exact) mass is 370 g/mol. The lowest BCUT2D eigenvalue weighted by Crippen LogP contribution is -2.37. The number of hydrogen-bond acceptors (Lipinski definition) is 5. The standard InChI is InChI=1S/C20H26N4O3/c1-23(2)19(15-6-7-17-18(12-15)27-13-26-17)20(25)21-9-3-11-24-16(8-10-22-24)14-4-5-14/h6-8,10,12,14,19H,3-5,9,11,13H2,1-2H3,(H,21,25). The minimum atomic E-state index is -0.369. The fourth-order valence-corrected chi connectivity index (χ4v) is 3.56. The molecule has 1 N–H and O–H groups in total. The van der Waals surface area contributed by atoms with Gasteiger partial charge in [-0.25, -0.2) is 0 Å². The zero-order valence-electron chi connectivity index (χ0n) is 15.9. The number of aryl methyl sites for hydroxylation is 1. The van der Waals surface area contributed by atoms with Crippen molar-refractivity contribution in [1.82, 2.24) is 20.0 Å². The number of rotatable bonds is 8. The topological polar surface area (TPSA) is 68.6 Å². The van der Waals surface area contributed by atoms with E-state index in [4.69, 9.17) is 9.47 Å². The molecule has 1 saturated carbocycles. The number of nitrogens with zero attached hydrogens (tertiary/aromatic N) is 3. The van der Waals surface area contributed by atoms with Crippen LogP contribution < -0.4 is 14.8 Å². The third-order valence-corrected chi connectivity index (χ3v) is 5.07. The second-order valence-corrected chi connectivity index (χ2v) is 7.38. The summed E-state index contributed by atoms with van der Waals surface area (Å²) >= 11 is 0. The van der Waals surface area contributed by atoms with Gasteiger partial charge in [-0.3, -0.25) is 14.4 Å². The number of carbonyl (C=O) groups is 1. The van der Waals surface area contributed by atoms with Crippen LogP contribution in [0.5, 0.6) is 11.5 Å². The van der Waals surface area contributed by atoms with Gasteiger partial charge in [-0.1, -0.05) is 6.07 Å². The van der Waals surface area contributed by atoms with Crippen LogP contribution in [0.25, 0.3) is 0 Å². The van der Waals surface area contributed by atoms with Gasteiger partial charge >= 0.3 is 0 Å². The molecule has 0 spiro atoms. The van der Waals surface area contributed by atoms with Gasteiger partial charge in [-0.15, -0.1) is 0 Å². The quantitative estimate of drug-likeness (QED) is 0.722. The molecule has 1 atom stereocenters. The summed E-state index contributed by atoms with van der Waals surface area (Å²) in [6.45, 7) is 1.68. The van der Waals surface area contributed by atoms with Gasteiger partial charge in [0.1, 0.15) is 6.04 Å². The molecule has 1 aromatic heterocycles. The van der Waals surface area contributed by atoms with Crippen molar-refractivity contribution in [2.24, 2.45) is 0 Å². The molecule has 4 rings (SSSR count). The molecule has 1 fully saturated rings. The van der Waals surface area contributed by atoms with Gasteiger partial charge in [0.25, 0.3) is 0 Å². The summed E-state index contributed by atoms with van der Waals surface area (Å²) in [5.41, 5.74) is 2.22. The van der Waals surface area contributed by atoms with E-state index < -0.39 is 0 Å². The Hall–Kier alpha value is -2.54. The molecule has 144 valence electrons. The number of aromatic nitrogens is 2. The van der Waals surface area contributed by atoms with Crippen molar-refractivity contribution >= 4 is 5.91 Å². The average molecular weight is 370 g/mol. The molecule has 7 nitrogen and oxygen atoms in total. The Bertz CT molecular complexity index is 813. The maximum Gasteiger partial charge on any atom is 0.241 e. The SMILES string of the molecule is CN(C)C(C(=O)NCCCn1nccc1C1CC1)c1ccc2c(c1)OCO2. The largest absolute Gasteiger partial charge is 0.454 e. The van der Waals surface area contributed by atoms with Crippen molar-refractivity contribution in [2.75, 3.05) is 27.4 Å². The maximum absolute atomic E-state index is 12.8. The summed E-state index contributed by atoms with van der Waals surface area (Å²) in [7, 11) is 3.81. The van der Waals surface area contributed by atoms with Crippen LogP contribution in [-0.4, -0.2) is 48.0 Å². The van der Waals surface area contributed by atoms with Crippen molar-refractivity contribution in [3.8, 4) is 11.5 Å². The highest BCUT2D eigenvalue weighted by atomic mass is 16.7. The molecule has 2 aromatic rings. The van der Waals surface area contributed by atoms with Crippen LogP contribution in [0.15, 0.2) is 30.5 Å². The fraction of sp³-hybridized carbons (Fsp3) is 0.500. The smallest absolute Gasteiger partial charge is 0.241 e. The first-order valence-electron chi connectivity index (χ1n) is 9.49. The molecule has 7 heteroatoms. The zero-order valence-corrected chi connectivity index (χ0v) is 15.9. The number of benzene rings is 1. The molecule has 2 heterocycles. The van der Waals surface area contributed by atoms with Crippen LogP contribution in [0.4, 0.5) is 0 Å². The highest BCUT2D eigenvalue weighted by Gasteiger charge is 2.27. The van der Waals surface area contributed by atoms with E-state index in [9.17, 15) is 4.79 Å². The van der Waals surface area contributed by atoms with Crippen molar-refractivity contribution in [1.29, 1.82) is 0 Å². The van der Waals surface area contributed by atoms with Crippen LogP contribution in [0.1, 0.15) is 42.5 Å². The van der Waals surface area contributed by atoms with Crippen molar-refractivity contribution in [2.45, 2.75) is 37.8 Å². The summed E-state index contributed by atoms with van der Waals surface area (Å²) in [5.74, 6) is 2.09. The zero-order chi connectivity index (χ0) is 18.8. The van der Waals surface area contributed by atoms with E-state index in [2.05, 4.69) is 21.2 Å². The Kier molecular flexibility index (Phi) is 5.03. The minimum absolute atomic E-state index is 0.0123. The van der Waals surface area contributed by atoms with Crippen molar-refractivity contribution < 1.29 is 14.3 Å². The number of amides is 1. The summed E-state index contributed by atoms with van der Waals surface area (Å²) < 4.78 is 12.9. The Balaban J connectivity index is 1.33. The van der Waals surface area contributed by atoms with Crippen LogP contribution >= 0.6 is 0 Å². The molecule has 1 amide bonds. The van der Waals surface area contributed by atoms with Gasteiger partial charge in [-0.05, 0) is 57.1 Å². The summed E-state index contributed by atoms with van der Waals surface area (Å²) in [6, 6.07) is 7.41. The lowest BCUT2D eigenvalue weighted by Gasteiger charge is -2.24. The first kappa shape index (κ1) is 17.9. The summed E-state index contributed by atoms with van der Waals surface area (Å²) in [5, 5.41) is 7.47. The van der Waals surface area contributed by atoms with E-state index in [1.54, 1.807) is 0 Å². The van der Waals surface area contributed by atoms with Gasteiger partial charge < -0.3 is 14.8 Å². The molecule has 1 unspecified atom stereocenters. The van der Waals surface area contributed by atoms with E-state index >= 15 is 0 Å². The number of hydrogen-bond donors (Lipinski definition) is 1. The fourth-order valence-electron chi connectivity index (χ4n) is 3.56. The lowest BCUT2D eigenvalue weighted by molar-refractivity contribution is -0.125. The van der Waals surface area contributed by atoms with Gasteiger partial charge in [0.15, 0.2) is 11.5 Å². The molecule has 27 heavy (non-hydrogen) atoms. The lowest BCUT2D eigenvalue weighted by atomic mass is 10.0. The second-order valence-electron chi connectivity index (χ2n) is 7.38. The Morgan fingerprint density at radius 2 is 2.11 bits per heavy atom. The van der Waals surface area contributed by atoms with Gasteiger partial charge in [0.2, 0.25) is 12.7 Å². The third kappa shape index (κ3) is 3.93.